The number of carboxylic acids is 1. The number of benzene rings is 2. The first kappa shape index (κ1) is 19.8. The third-order valence-electron chi connectivity index (χ3n) is 6.32. The number of likely N-dealkylation sites (N-methyl/N-ethyl adjacent to an activating group) is 1. The first-order valence-electron chi connectivity index (χ1n) is 9.90. The van der Waals surface area contributed by atoms with Crippen LogP contribution in [0.15, 0.2) is 48.5 Å². The fraction of sp³-hybridized carbons (Fsp3) is 0.391. The zero-order valence-electron chi connectivity index (χ0n) is 16.6. The molecule has 0 bridgehead atoms. The summed E-state index contributed by atoms with van der Waals surface area (Å²) in [6.45, 7) is 2.07. The lowest BCUT2D eigenvalue weighted by atomic mass is 9.88. The number of ether oxygens (including phenoxy) is 1. The molecule has 4 rings (SSSR count). The number of nitrogens with zero attached hydrogens (tertiary/aromatic N) is 1. The van der Waals surface area contributed by atoms with Crippen LogP contribution in [0.3, 0.4) is 0 Å². The number of carbonyl (C=O) groups excluding carboxylic acids is 1. The molecule has 152 valence electrons. The molecule has 1 fully saturated rings. The Bertz CT molecular complexity index is 900. The van der Waals surface area contributed by atoms with E-state index in [-0.39, 0.29) is 17.8 Å². The van der Waals surface area contributed by atoms with Crippen LogP contribution in [-0.4, -0.2) is 52.3 Å². The lowest BCUT2D eigenvalue weighted by Crippen LogP contribution is -2.62. The maximum absolute atomic E-state index is 12.9. The molecule has 2 aromatic carbocycles. The summed E-state index contributed by atoms with van der Waals surface area (Å²) in [6, 6.07) is 16.3. The Morgan fingerprint density at radius 1 is 1.14 bits per heavy atom. The predicted molar refractivity (Wildman–Crippen MR) is 114 cm³/mol. The highest BCUT2D eigenvalue weighted by Gasteiger charge is 2.51. The average molecular weight is 412 g/mol. The Morgan fingerprint density at radius 2 is 1.72 bits per heavy atom. The van der Waals surface area contributed by atoms with Crippen LogP contribution in [0.4, 0.5) is 4.79 Å². The van der Waals surface area contributed by atoms with E-state index in [1.807, 2.05) is 31.2 Å². The minimum absolute atomic E-state index is 0.0429. The Labute approximate surface area is 175 Å². The summed E-state index contributed by atoms with van der Waals surface area (Å²) in [7, 11) is 1.55. The van der Waals surface area contributed by atoms with Crippen LogP contribution in [0.5, 0.6) is 0 Å². The lowest BCUT2D eigenvalue weighted by molar-refractivity contribution is -0.150. The van der Waals surface area contributed by atoms with Gasteiger partial charge in [0, 0.05) is 18.2 Å². The van der Waals surface area contributed by atoms with Crippen LogP contribution in [0.1, 0.15) is 36.8 Å². The normalized spacial score (nSPS) is 23.2. The van der Waals surface area contributed by atoms with Crippen molar-refractivity contribution in [2.45, 2.75) is 36.5 Å². The van der Waals surface area contributed by atoms with E-state index in [2.05, 4.69) is 24.3 Å². The first-order valence-corrected chi connectivity index (χ1v) is 11.0. The Kier molecular flexibility index (Phi) is 5.30. The molecule has 2 atom stereocenters. The smallest absolute Gasteiger partial charge is 0.410 e. The molecular weight excluding hydrogens is 386 g/mol. The van der Waals surface area contributed by atoms with E-state index in [0.29, 0.717) is 6.42 Å². The maximum Gasteiger partial charge on any atom is 0.410 e. The topological polar surface area (TPSA) is 66.8 Å². The van der Waals surface area contributed by atoms with Crippen molar-refractivity contribution in [3.63, 3.8) is 0 Å². The van der Waals surface area contributed by atoms with Gasteiger partial charge in [-0.15, -0.1) is 0 Å². The molecule has 1 heterocycles. The van der Waals surface area contributed by atoms with Gasteiger partial charge in [0.2, 0.25) is 0 Å². The largest absolute Gasteiger partial charge is 0.479 e. The summed E-state index contributed by atoms with van der Waals surface area (Å²) < 4.78 is 5.69. The van der Waals surface area contributed by atoms with Crippen LogP contribution in [0.25, 0.3) is 11.1 Å². The van der Waals surface area contributed by atoms with Crippen molar-refractivity contribution in [1.29, 1.82) is 0 Å². The summed E-state index contributed by atoms with van der Waals surface area (Å²) in [6.07, 6.45) is 0.628. The molecule has 1 amide bonds. The van der Waals surface area contributed by atoms with Crippen molar-refractivity contribution < 1.29 is 19.4 Å². The second kappa shape index (κ2) is 7.75. The molecule has 6 heteroatoms. The summed E-state index contributed by atoms with van der Waals surface area (Å²) in [5.41, 5.74) is 3.37. The number of amides is 1. The number of fused-ring (bicyclic) bond motifs is 3. The summed E-state index contributed by atoms with van der Waals surface area (Å²) in [4.78, 5) is 26.4. The number of hydrogen-bond acceptors (Lipinski definition) is 4. The van der Waals surface area contributed by atoms with Crippen LogP contribution in [0, 0.1) is 0 Å². The third kappa shape index (κ3) is 3.19. The molecule has 0 aromatic heterocycles. The molecule has 2 aliphatic rings. The van der Waals surface area contributed by atoms with Crippen molar-refractivity contribution in [3.05, 3.63) is 59.7 Å². The van der Waals surface area contributed by atoms with Gasteiger partial charge in [0.15, 0.2) is 5.54 Å². The molecule has 29 heavy (non-hydrogen) atoms. The van der Waals surface area contributed by atoms with E-state index in [1.54, 1.807) is 18.8 Å². The molecule has 1 saturated heterocycles. The van der Waals surface area contributed by atoms with Crippen molar-refractivity contribution in [1.82, 2.24) is 4.90 Å². The van der Waals surface area contributed by atoms with Gasteiger partial charge in [0.1, 0.15) is 6.61 Å². The quantitative estimate of drug-likeness (QED) is 0.796. The first-order chi connectivity index (χ1) is 14.0. The number of carbonyl (C=O) groups is 2. The zero-order valence-corrected chi connectivity index (χ0v) is 17.4. The van der Waals surface area contributed by atoms with Gasteiger partial charge in [0.25, 0.3) is 0 Å². The van der Waals surface area contributed by atoms with E-state index in [4.69, 9.17) is 4.74 Å². The number of aliphatic carboxylic acids is 1. The number of carboxylic acid groups (broad SMARTS) is 1. The zero-order chi connectivity index (χ0) is 20.6. The highest BCUT2D eigenvalue weighted by molar-refractivity contribution is 8.00. The fourth-order valence-electron chi connectivity index (χ4n) is 4.66. The molecule has 2 aromatic rings. The van der Waals surface area contributed by atoms with E-state index in [1.165, 1.54) is 4.90 Å². The van der Waals surface area contributed by atoms with E-state index in [9.17, 15) is 14.7 Å². The average Bonchev–Trinajstić information content (AvgIpc) is 3.05. The molecule has 2 unspecified atom stereocenters. The number of rotatable bonds is 4. The van der Waals surface area contributed by atoms with Crippen molar-refractivity contribution in [2.24, 2.45) is 0 Å². The van der Waals surface area contributed by atoms with Gasteiger partial charge in [-0.2, -0.15) is 11.8 Å². The second-order valence-electron chi connectivity index (χ2n) is 7.71. The Morgan fingerprint density at radius 3 is 2.28 bits per heavy atom. The SMILES string of the molecule is CC1SCCCC1(C(=O)O)N(C)C(=O)OCC1c2ccccc2-c2ccccc21. The van der Waals surface area contributed by atoms with Crippen LogP contribution >= 0.6 is 11.8 Å². The van der Waals surface area contributed by atoms with Crippen molar-refractivity contribution >= 4 is 23.8 Å². The molecule has 1 aliphatic heterocycles. The summed E-state index contributed by atoms with van der Waals surface area (Å²) >= 11 is 1.59. The number of thioether (sulfide) groups is 1. The van der Waals surface area contributed by atoms with Crippen molar-refractivity contribution in [3.8, 4) is 11.1 Å². The fourth-order valence-corrected chi connectivity index (χ4v) is 5.98. The van der Waals surface area contributed by atoms with Gasteiger partial charge in [0.05, 0.1) is 0 Å². The number of hydrogen-bond donors (Lipinski definition) is 1. The molecule has 0 spiro atoms. The molecule has 1 N–H and O–H groups in total. The Hall–Kier alpha value is -2.47. The second-order valence-corrected chi connectivity index (χ2v) is 9.16. The molecule has 5 nitrogen and oxygen atoms in total. The van der Waals surface area contributed by atoms with Gasteiger partial charge in [-0.1, -0.05) is 55.5 Å². The minimum Gasteiger partial charge on any atom is -0.479 e. The van der Waals surface area contributed by atoms with E-state index >= 15 is 0 Å². The standard InChI is InChI=1S/C23H25NO4S/c1-15-23(21(25)26,12-7-13-29-15)24(2)22(27)28-14-20-18-10-5-3-8-16(18)17-9-4-6-11-19(17)20/h3-6,8-11,15,20H,7,12-14H2,1-2H3,(H,25,26). The van der Waals surface area contributed by atoms with Crippen LogP contribution in [0.2, 0.25) is 0 Å². The van der Waals surface area contributed by atoms with Gasteiger partial charge < -0.3 is 9.84 Å². The highest BCUT2D eigenvalue weighted by Crippen LogP contribution is 2.45. The van der Waals surface area contributed by atoms with Gasteiger partial charge in [-0.05, 0) is 40.8 Å². The van der Waals surface area contributed by atoms with E-state index in [0.717, 1.165) is 34.4 Å². The highest BCUT2D eigenvalue weighted by atomic mass is 32.2. The summed E-state index contributed by atoms with van der Waals surface area (Å²) in [5.74, 6) is -0.0961. The molecule has 1 aliphatic carbocycles. The van der Waals surface area contributed by atoms with E-state index < -0.39 is 17.6 Å². The van der Waals surface area contributed by atoms with Gasteiger partial charge in [-0.25, -0.2) is 9.59 Å². The molecular formula is C23H25NO4S. The van der Waals surface area contributed by atoms with Crippen molar-refractivity contribution in [2.75, 3.05) is 19.4 Å². The minimum atomic E-state index is -1.23. The predicted octanol–water partition coefficient (Wildman–Crippen LogP) is 4.61. The monoisotopic (exact) mass is 411 g/mol. The van der Waals surface area contributed by atoms with Gasteiger partial charge >= 0.3 is 12.1 Å². The Balaban J connectivity index is 1.55. The lowest BCUT2D eigenvalue weighted by Gasteiger charge is -2.44. The van der Waals surface area contributed by atoms with Crippen LogP contribution < -0.4 is 0 Å². The summed E-state index contributed by atoms with van der Waals surface area (Å²) in [5, 5.41) is 9.76. The van der Waals surface area contributed by atoms with Crippen LogP contribution in [-0.2, 0) is 9.53 Å². The third-order valence-corrected chi connectivity index (χ3v) is 7.74. The maximum atomic E-state index is 12.9. The van der Waals surface area contributed by atoms with Gasteiger partial charge in [-0.3, -0.25) is 4.90 Å². The molecule has 0 saturated carbocycles. The molecule has 0 radical (unpaired) electrons.